The normalized spacial score (nSPS) is 23.7. The first kappa shape index (κ1) is 12.4. The molecule has 0 aliphatic heterocycles. The molecule has 1 aliphatic carbocycles. The van der Waals surface area contributed by atoms with Crippen molar-refractivity contribution < 1.29 is 73.1 Å². The Morgan fingerprint density at radius 2 is 1.45 bits per heavy atom. The van der Waals surface area contributed by atoms with E-state index < -0.39 is 31.6 Å². The van der Waals surface area contributed by atoms with Gasteiger partial charge in [-0.1, -0.05) is 5.82 Å². The average molecular weight is 198 g/mol. The molecule has 1 rings (SSSR count). The molecule has 0 spiro atoms. The van der Waals surface area contributed by atoms with Gasteiger partial charge >= 0.3 is 58.4 Å². The molecule has 0 saturated heterocycles. The predicted molar refractivity (Wildman–Crippen MR) is 27.0 cm³/mol. The minimum absolute atomic E-state index is 0. The average Bonchev–Trinajstić information content (AvgIpc) is 1.56. The molecule has 0 heterocycles. The molecule has 0 aromatic carbocycles. The fourth-order valence-electron chi connectivity index (χ4n) is 0.975. The van der Waals surface area contributed by atoms with E-state index >= 15 is 0 Å². The van der Waals surface area contributed by atoms with E-state index in [1.807, 2.05) is 0 Å². The van der Waals surface area contributed by atoms with Crippen LogP contribution in [-0.4, -0.2) is 12.9 Å². The molecule has 11 heavy (non-hydrogen) atoms. The molecule has 60 valence electrons. The van der Waals surface area contributed by atoms with Crippen molar-refractivity contribution in [3.63, 3.8) is 0 Å². The van der Waals surface area contributed by atoms with Gasteiger partial charge in [0.05, 0.1) is 0 Å². The largest absolute Gasteiger partial charge is 1.00 e. The van der Waals surface area contributed by atoms with Gasteiger partial charge in [0.1, 0.15) is 0 Å². The van der Waals surface area contributed by atoms with E-state index in [1.165, 1.54) is 0 Å². The van der Waals surface area contributed by atoms with Crippen molar-refractivity contribution in [2.24, 2.45) is 0 Å². The molecule has 0 radical (unpaired) electrons. The summed E-state index contributed by atoms with van der Waals surface area (Å²) in [7, 11) is 0. The van der Waals surface area contributed by atoms with Crippen LogP contribution in [0.3, 0.4) is 0 Å². The quantitative estimate of drug-likeness (QED) is 0.398. The van der Waals surface area contributed by atoms with Gasteiger partial charge < -0.3 is 12.9 Å². The second kappa shape index (κ2) is 3.61. The second-order valence-corrected chi connectivity index (χ2v) is 2.65. The van der Waals surface area contributed by atoms with Crippen molar-refractivity contribution in [1.29, 1.82) is 0 Å². The van der Waals surface area contributed by atoms with E-state index in [9.17, 15) is 21.7 Å². The molecule has 0 aromatic rings. The molecule has 0 atom stereocenters. The van der Waals surface area contributed by atoms with Gasteiger partial charge in [-0.2, -0.15) is 0 Å². The van der Waals surface area contributed by atoms with Crippen LogP contribution in [-0.2, 0) is 0 Å². The molecule has 0 amide bonds. The third-order valence-electron chi connectivity index (χ3n) is 1.66. The van der Waals surface area contributed by atoms with Crippen molar-refractivity contribution in [1.82, 2.24) is 0 Å². The van der Waals surface area contributed by atoms with E-state index in [0.29, 0.717) is 0 Å². The minimum atomic E-state index is -5.02. The van der Waals surface area contributed by atoms with Crippen LogP contribution >= 0.6 is 0 Å². The van der Waals surface area contributed by atoms with E-state index in [2.05, 4.69) is 0 Å². The van der Waals surface area contributed by atoms with Gasteiger partial charge in [0.15, 0.2) is 0 Å². The van der Waals surface area contributed by atoms with Crippen LogP contribution in [0.15, 0.2) is 0 Å². The zero-order valence-electron chi connectivity index (χ0n) is 5.96. The number of hydrogen-bond donors (Lipinski definition) is 0. The molecule has 1 saturated carbocycles. The van der Waals surface area contributed by atoms with Crippen LogP contribution in [0.2, 0.25) is 5.82 Å². The Bertz CT molecular complexity index is 136. The van der Waals surface area contributed by atoms with Gasteiger partial charge in [0.25, 0.3) is 0 Å². The Kier molecular flexibility index (Phi) is 4.06. The van der Waals surface area contributed by atoms with Gasteiger partial charge in [0.2, 0.25) is 5.92 Å². The summed E-state index contributed by atoms with van der Waals surface area (Å²) in [5.74, 6) is -4.77. The predicted octanol–water partition coefficient (Wildman–Crippen LogP) is -0.363. The smallest absolute Gasteiger partial charge is 0.449 e. The van der Waals surface area contributed by atoms with Crippen molar-refractivity contribution >= 4 is 6.98 Å². The minimum Gasteiger partial charge on any atom is -0.449 e. The Morgan fingerprint density at radius 1 is 1.09 bits per heavy atom. The maximum atomic E-state index is 11.8. The molecule has 0 bridgehead atoms. The Hall–Kier alpha value is 1.35. The standard InChI is InChI=1S/C4H5BF5.K/c6-4(7)1-3(2-4)5(8,9)10;/h3H,1-2H2;/q-1;+1. The number of alkyl halides is 2. The summed E-state index contributed by atoms with van der Waals surface area (Å²) in [5.41, 5.74) is 0. The Balaban J connectivity index is 0.000001000. The summed E-state index contributed by atoms with van der Waals surface area (Å²) in [6.07, 6.45) is -2.01. The fourth-order valence-corrected chi connectivity index (χ4v) is 0.975. The first-order valence-electron chi connectivity index (χ1n) is 2.89. The first-order chi connectivity index (χ1) is 4.31. The zero-order chi connectivity index (χ0) is 7.99. The summed E-state index contributed by atoms with van der Waals surface area (Å²) in [4.78, 5) is 0. The molecule has 1 fully saturated rings. The molecule has 0 nitrogen and oxygen atoms in total. The summed E-state index contributed by atoms with van der Waals surface area (Å²) in [6, 6.07) is 0. The molecule has 7 heteroatoms. The molecule has 0 unspecified atom stereocenters. The fraction of sp³-hybridized carbons (Fsp3) is 1.00. The van der Waals surface area contributed by atoms with Gasteiger partial charge in [-0.15, -0.1) is 0 Å². The van der Waals surface area contributed by atoms with Gasteiger partial charge in [-0.05, 0) is 12.8 Å². The van der Waals surface area contributed by atoms with E-state index in [0.717, 1.165) is 0 Å². The SMILES string of the molecule is F[B-](F)(F)C1CC(F)(F)C1.[K+]. The van der Waals surface area contributed by atoms with Gasteiger partial charge in [-0.3, -0.25) is 0 Å². The maximum Gasteiger partial charge on any atom is 1.00 e. The van der Waals surface area contributed by atoms with Crippen molar-refractivity contribution in [2.75, 3.05) is 0 Å². The van der Waals surface area contributed by atoms with E-state index in [1.54, 1.807) is 0 Å². The molecule has 0 N–H and O–H groups in total. The Labute approximate surface area is 103 Å². The number of hydrogen-bond acceptors (Lipinski definition) is 0. The molecular weight excluding hydrogens is 193 g/mol. The summed E-state index contributed by atoms with van der Waals surface area (Å²) >= 11 is 0. The van der Waals surface area contributed by atoms with E-state index in [4.69, 9.17) is 0 Å². The monoisotopic (exact) mass is 198 g/mol. The Morgan fingerprint density at radius 3 is 1.55 bits per heavy atom. The topological polar surface area (TPSA) is 0 Å². The third-order valence-corrected chi connectivity index (χ3v) is 1.66. The van der Waals surface area contributed by atoms with Gasteiger partial charge in [0, 0.05) is 0 Å². The van der Waals surface area contributed by atoms with Crippen LogP contribution in [0.1, 0.15) is 12.8 Å². The van der Waals surface area contributed by atoms with Crippen LogP contribution in [0, 0.1) is 0 Å². The van der Waals surface area contributed by atoms with Crippen LogP contribution in [0.5, 0.6) is 0 Å². The van der Waals surface area contributed by atoms with Crippen LogP contribution < -0.4 is 51.4 Å². The van der Waals surface area contributed by atoms with Gasteiger partial charge in [-0.25, -0.2) is 8.78 Å². The second-order valence-electron chi connectivity index (χ2n) is 2.65. The molecule has 1 aliphatic rings. The first-order valence-corrected chi connectivity index (χ1v) is 2.89. The summed E-state index contributed by atoms with van der Waals surface area (Å²) in [6.45, 7) is -5.02. The maximum absolute atomic E-state index is 11.8. The van der Waals surface area contributed by atoms with Crippen molar-refractivity contribution in [2.45, 2.75) is 24.6 Å². The summed E-state index contributed by atoms with van der Waals surface area (Å²) in [5, 5.41) is 0. The van der Waals surface area contributed by atoms with Crippen molar-refractivity contribution in [3.05, 3.63) is 0 Å². The van der Waals surface area contributed by atoms with E-state index in [-0.39, 0.29) is 51.4 Å². The number of rotatable bonds is 1. The third kappa shape index (κ3) is 3.30. The zero-order valence-corrected chi connectivity index (χ0v) is 9.08. The van der Waals surface area contributed by atoms with Crippen molar-refractivity contribution in [3.8, 4) is 0 Å². The van der Waals surface area contributed by atoms with Crippen LogP contribution in [0.25, 0.3) is 0 Å². The number of halogens is 5. The molecule has 0 aromatic heterocycles. The summed E-state index contributed by atoms with van der Waals surface area (Å²) < 4.78 is 58.4. The van der Waals surface area contributed by atoms with Crippen LogP contribution in [0.4, 0.5) is 21.7 Å². The molecular formula is C4H5BF5K.